The molecule has 0 amide bonds. The van der Waals surface area contributed by atoms with Gasteiger partial charge in [-0.1, -0.05) is 12.1 Å². The largest absolute Gasteiger partial charge is 0.507 e. The van der Waals surface area contributed by atoms with Crippen molar-refractivity contribution in [1.82, 2.24) is 9.36 Å². The predicted molar refractivity (Wildman–Crippen MR) is 101 cm³/mol. The molecule has 0 saturated carbocycles. The molecule has 0 aliphatic carbocycles. The SMILES string of the molecule is CCNc1cccc2c(/N=N/c3snc4ncccc34)ccc(O)c12. The van der Waals surface area contributed by atoms with E-state index in [1.54, 1.807) is 18.3 Å². The zero-order chi connectivity index (χ0) is 17.2. The highest BCUT2D eigenvalue weighted by molar-refractivity contribution is 7.11. The third kappa shape index (κ3) is 2.78. The van der Waals surface area contributed by atoms with Crippen LogP contribution in [0.25, 0.3) is 21.8 Å². The number of rotatable bonds is 4. The molecule has 0 aliphatic rings. The molecule has 0 spiro atoms. The van der Waals surface area contributed by atoms with E-state index in [9.17, 15) is 5.11 Å². The third-order valence-corrected chi connectivity index (χ3v) is 4.59. The Morgan fingerprint density at radius 3 is 2.84 bits per heavy atom. The summed E-state index contributed by atoms with van der Waals surface area (Å²) in [6.07, 6.45) is 1.71. The van der Waals surface area contributed by atoms with E-state index in [0.29, 0.717) is 16.3 Å². The van der Waals surface area contributed by atoms with Gasteiger partial charge in [0.05, 0.1) is 11.1 Å². The van der Waals surface area contributed by atoms with Crippen LogP contribution in [-0.4, -0.2) is 21.0 Å². The topological polar surface area (TPSA) is 82.8 Å². The maximum atomic E-state index is 10.3. The van der Waals surface area contributed by atoms with E-state index < -0.39 is 0 Å². The number of benzene rings is 2. The van der Waals surface area contributed by atoms with Gasteiger partial charge in [0.1, 0.15) is 5.75 Å². The quantitative estimate of drug-likeness (QED) is 0.483. The van der Waals surface area contributed by atoms with Crippen LogP contribution < -0.4 is 5.32 Å². The lowest BCUT2D eigenvalue weighted by Crippen LogP contribution is -1.97. The Balaban J connectivity index is 1.82. The van der Waals surface area contributed by atoms with Crippen LogP contribution in [0.4, 0.5) is 16.4 Å². The first-order valence-electron chi connectivity index (χ1n) is 7.88. The summed E-state index contributed by atoms with van der Waals surface area (Å²) >= 11 is 1.27. The van der Waals surface area contributed by atoms with Gasteiger partial charge in [0, 0.05) is 29.2 Å². The van der Waals surface area contributed by atoms with Gasteiger partial charge >= 0.3 is 0 Å². The van der Waals surface area contributed by atoms with Crippen LogP contribution in [0.3, 0.4) is 0 Å². The first-order chi connectivity index (χ1) is 12.3. The van der Waals surface area contributed by atoms with Crippen LogP contribution in [0.1, 0.15) is 6.92 Å². The smallest absolute Gasteiger partial charge is 0.175 e. The van der Waals surface area contributed by atoms with Gasteiger partial charge in [0.15, 0.2) is 10.6 Å². The monoisotopic (exact) mass is 349 g/mol. The van der Waals surface area contributed by atoms with Gasteiger partial charge in [-0.25, -0.2) is 4.98 Å². The van der Waals surface area contributed by atoms with Crippen molar-refractivity contribution >= 4 is 49.7 Å². The van der Waals surface area contributed by atoms with Crippen LogP contribution in [-0.2, 0) is 0 Å². The molecule has 0 unspecified atom stereocenters. The average molecular weight is 349 g/mol. The number of pyridine rings is 1. The Morgan fingerprint density at radius 2 is 1.96 bits per heavy atom. The highest BCUT2D eigenvalue weighted by Crippen LogP contribution is 2.38. The molecular weight excluding hydrogens is 334 g/mol. The molecule has 2 aromatic heterocycles. The zero-order valence-electron chi connectivity index (χ0n) is 13.5. The Morgan fingerprint density at radius 1 is 1.08 bits per heavy atom. The molecular formula is C18H15N5OS. The fourth-order valence-corrected chi connectivity index (χ4v) is 3.39. The number of hydrogen-bond donors (Lipinski definition) is 2. The summed E-state index contributed by atoms with van der Waals surface area (Å²) in [6, 6.07) is 13.0. The molecule has 2 N–H and O–H groups in total. The summed E-state index contributed by atoms with van der Waals surface area (Å²) in [5.74, 6) is 0.220. The van der Waals surface area contributed by atoms with Gasteiger partial charge in [-0.2, -0.15) is 4.37 Å². The summed E-state index contributed by atoms with van der Waals surface area (Å²) in [5.41, 5.74) is 2.24. The highest BCUT2D eigenvalue weighted by atomic mass is 32.1. The molecule has 2 heterocycles. The van der Waals surface area contributed by atoms with E-state index in [0.717, 1.165) is 28.4 Å². The molecule has 0 aliphatic heterocycles. The summed E-state index contributed by atoms with van der Waals surface area (Å²) in [4.78, 5) is 4.21. The molecule has 6 nitrogen and oxygen atoms in total. The number of aromatic nitrogens is 2. The first-order valence-corrected chi connectivity index (χ1v) is 8.66. The van der Waals surface area contributed by atoms with E-state index in [1.165, 1.54) is 11.5 Å². The molecule has 2 aromatic carbocycles. The van der Waals surface area contributed by atoms with Gasteiger partial charge < -0.3 is 10.4 Å². The molecule has 0 radical (unpaired) electrons. The average Bonchev–Trinajstić information content (AvgIpc) is 3.05. The van der Waals surface area contributed by atoms with Crippen molar-refractivity contribution < 1.29 is 5.11 Å². The lowest BCUT2D eigenvalue weighted by molar-refractivity contribution is 0.482. The Labute approximate surface area is 148 Å². The van der Waals surface area contributed by atoms with Crippen molar-refractivity contribution in [2.24, 2.45) is 10.2 Å². The molecule has 0 bridgehead atoms. The minimum atomic E-state index is 0.220. The normalized spacial score (nSPS) is 11.6. The lowest BCUT2D eigenvalue weighted by atomic mass is 10.1. The van der Waals surface area contributed by atoms with Gasteiger partial charge in [-0.3, -0.25) is 0 Å². The molecule has 4 aromatic rings. The van der Waals surface area contributed by atoms with Crippen LogP contribution in [0.15, 0.2) is 58.9 Å². The number of nitrogens with zero attached hydrogens (tertiary/aromatic N) is 4. The van der Waals surface area contributed by atoms with Crippen LogP contribution >= 0.6 is 11.5 Å². The number of phenols is 1. The van der Waals surface area contributed by atoms with Gasteiger partial charge in [-0.15, -0.1) is 10.2 Å². The number of hydrogen-bond acceptors (Lipinski definition) is 7. The number of phenolic OH excluding ortho intramolecular Hbond substituents is 1. The number of azo groups is 1. The van der Waals surface area contributed by atoms with Crippen molar-refractivity contribution in [3.8, 4) is 5.75 Å². The molecule has 0 fully saturated rings. The van der Waals surface area contributed by atoms with E-state index in [4.69, 9.17) is 0 Å². The third-order valence-electron chi connectivity index (χ3n) is 3.85. The van der Waals surface area contributed by atoms with Gasteiger partial charge in [-0.05, 0) is 48.8 Å². The summed E-state index contributed by atoms with van der Waals surface area (Å²) in [6.45, 7) is 2.78. The Bertz CT molecular complexity index is 1090. The second-order valence-corrected chi connectivity index (χ2v) is 6.18. The zero-order valence-corrected chi connectivity index (χ0v) is 14.3. The highest BCUT2D eigenvalue weighted by Gasteiger charge is 2.10. The molecule has 4 rings (SSSR count). The molecule has 124 valence electrons. The predicted octanol–water partition coefficient (Wildman–Crippen LogP) is 5.40. The molecule has 7 heteroatoms. The van der Waals surface area contributed by atoms with E-state index in [-0.39, 0.29) is 5.75 Å². The van der Waals surface area contributed by atoms with Crippen molar-refractivity contribution in [2.75, 3.05) is 11.9 Å². The second-order valence-electron chi connectivity index (χ2n) is 5.42. The summed E-state index contributed by atoms with van der Waals surface area (Å²) in [7, 11) is 0. The van der Waals surface area contributed by atoms with Crippen molar-refractivity contribution in [2.45, 2.75) is 6.92 Å². The molecule has 25 heavy (non-hydrogen) atoms. The van der Waals surface area contributed by atoms with Crippen LogP contribution in [0.5, 0.6) is 5.75 Å². The number of fused-ring (bicyclic) bond motifs is 2. The Kier molecular flexibility index (Phi) is 3.99. The summed E-state index contributed by atoms with van der Waals surface area (Å²) < 4.78 is 4.27. The van der Waals surface area contributed by atoms with Crippen LogP contribution in [0, 0.1) is 0 Å². The van der Waals surface area contributed by atoms with Crippen molar-refractivity contribution in [1.29, 1.82) is 0 Å². The van der Waals surface area contributed by atoms with Gasteiger partial charge in [0.25, 0.3) is 0 Å². The number of nitrogens with one attached hydrogen (secondary N) is 1. The Hall–Kier alpha value is -3.06. The minimum Gasteiger partial charge on any atom is -0.507 e. The molecule has 0 atom stereocenters. The molecule has 0 saturated heterocycles. The van der Waals surface area contributed by atoms with Gasteiger partial charge in [0.2, 0.25) is 0 Å². The number of aromatic hydroxyl groups is 1. The van der Waals surface area contributed by atoms with E-state index >= 15 is 0 Å². The van der Waals surface area contributed by atoms with Crippen LogP contribution in [0.2, 0.25) is 0 Å². The maximum absolute atomic E-state index is 10.3. The van der Waals surface area contributed by atoms with Crippen molar-refractivity contribution in [3.05, 3.63) is 48.7 Å². The van der Waals surface area contributed by atoms with E-state index in [2.05, 4.69) is 24.9 Å². The second kappa shape index (κ2) is 6.45. The van der Waals surface area contributed by atoms with E-state index in [1.807, 2.05) is 37.3 Å². The fraction of sp³-hybridized carbons (Fsp3) is 0.111. The summed E-state index contributed by atoms with van der Waals surface area (Å²) in [5, 5.41) is 25.5. The first kappa shape index (κ1) is 15.5. The number of anilines is 1. The maximum Gasteiger partial charge on any atom is 0.175 e. The standard InChI is InChI=1S/C18H15N5OS/c1-2-19-14-7-3-5-11-13(8-9-15(24)16(11)14)21-22-18-12-6-4-10-20-17(12)23-25-18/h3-10,19,24H,2H2,1H3/b22-21+. The fourth-order valence-electron chi connectivity index (χ4n) is 2.74. The lowest BCUT2D eigenvalue weighted by Gasteiger charge is -2.10. The minimum absolute atomic E-state index is 0.220. The van der Waals surface area contributed by atoms with Crippen molar-refractivity contribution in [3.63, 3.8) is 0 Å².